The molecule has 0 amide bonds. The van der Waals surface area contributed by atoms with E-state index in [9.17, 15) is 4.79 Å². The van der Waals surface area contributed by atoms with Crippen LogP contribution in [0.4, 0.5) is 0 Å². The molecule has 1 atom stereocenters. The minimum absolute atomic E-state index is 0.464. The molecule has 0 aromatic carbocycles. The highest BCUT2D eigenvalue weighted by atomic mass is 16.5. The number of carbonyl (C=O) groups is 1. The van der Waals surface area contributed by atoms with Gasteiger partial charge in [-0.15, -0.1) is 0 Å². The predicted molar refractivity (Wildman–Crippen MR) is 64.0 cm³/mol. The van der Waals surface area contributed by atoms with Crippen LogP contribution in [-0.2, 0) is 9.53 Å². The average Bonchev–Trinajstić information content (AvgIpc) is 2.79. The van der Waals surface area contributed by atoms with Crippen molar-refractivity contribution in [3.63, 3.8) is 0 Å². The van der Waals surface area contributed by atoms with Gasteiger partial charge in [0.15, 0.2) is 0 Å². The van der Waals surface area contributed by atoms with Gasteiger partial charge in [-0.25, -0.2) is 0 Å². The molecule has 3 aliphatic rings. The zero-order valence-electron chi connectivity index (χ0n) is 9.78. The van der Waals surface area contributed by atoms with Crippen LogP contribution in [0.1, 0.15) is 44.9 Å². The summed E-state index contributed by atoms with van der Waals surface area (Å²) in [5.41, 5.74) is 0. The van der Waals surface area contributed by atoms with Crippen LogP contribution in [0.3, 0.4) is 0 Å². The first-order chi connectivity index (χ1) is 7.86. The maximum Gasteiger partial charge on any atom is 0.132 e. The summed E-state index contributed by atoms with van der Waals surface area (Å²) in [6, 6.07) is 0. The molecule has 1 unspecified atom stereocenters. The highest BCUT2D eigenvalue weighted by Crippen LogP contribution is 2.30. The Morgan fingerprint density at radius 3 is 2.62 bits per heavy atom. The van der Waals surface area contributed by atoms with Crippen LogP contribution in [0, 0.1) is 5.92 Å². The van der Waals surface area contributed by atoms with E-state index in [1.54, 1.807) is 0 Å². The number of ketones is 1. The molecule has 2 nitrogen and oxygen atoms in total. The van der Waals surface area contributed by atoms with E-state index < -0.39 is 0 Å². The van der Waals surface area contributed by atoms with E-state index in [1.807, 2.05) is 0 Å². The second-order valence-corrected chi connectivity index (χ2v) is 4.67. The van der Waals surface area contributed by atoms with Crippen LogP contribution in [0.15, 0.2) is 24.0 Å². The van der Waals surface area contributed by atoms with E-state index in [1.165, 1.54) is 25.0 Å². The summed E-state index contributed by atoms with van der Waals surface area (Å²) < 4.78 is 5.37. The first-order valence-electron chi connectivity index (χ1n) is 6.37. The van der Waals surface area contributed by atoms with Crippen molar-refractivity contribution in [2.75, 3.05) is 6.61 Å². The Hall–Kier alpha value is -1.05. The fourth-order valence-corrected chi connectivity index (χ4v) is 2.35. The Balaban J connectivity index is 0.000000125. The predicted octanol–water partition coefficient (Wildman–Crippen LogP) is 3.39. The number of Topliss-reactive ketones (excluding diaryl/α,β-unsaturated/α-hetero) is 1. The van der Waals surface area contributed by atoms with Gasteiger partial charge >= 0.3 is 0 Å². The maximum atomic E-state index is 10.5. The second-order valence-electron chi connectivity index (χ2n) is 4.67. The number of fused-ring (bicyclic) bond motifs is 1. The van der Waals surface area contributed by atoms with Gasteiger partial charge in [0.25, 0.3) is 0 Å². The van der Waals surface area contributed by atoms with Crippen molar-refractivity contribution in [3.8, 4) is 0 Å². The zero-order chi connectivity index (χ0) is 11.2. The van der Waals surface area contributed by atoms with Crippen LogP contribution in [0.5, 0.6) is 0 Å². The van der Waals surface area contributed by atoms with Gasteiger partial charge in [0.05, 0.1) is 12.4 Å². The van der Waals surface area contributed by atoms with Gasteiger partial charge in [0, 0.05) is 18.8 Å². The molecule has 1 saturated carbocycles. The normalized spacial score (nSPS) is 27.4. The number of hydrogen-bond acceptors (Lipinski definition) is 2. The number of ether oxygens (including phenoxy) is 1. The van der Waals surface area contributed by atoms with Crippen LogP contribution in [0.2, 0.25) is 0 Å². The van der Waals surface area contributed by atoms with E-state index in [0.717, 1.165) is 38.2 Å². The highest BCUT2D eigenvalue weighted by Gasteiger charge is 2.21. The molecule has 1 saturated heterocycles. The lowest BCUT2D eigenvalue weighted by molar-refractivity contribution is -0.120. The third-order valence-electron chi connectivity index (χ3n) is 3.37. The number of carbonyl (C=O) groups excluding carboxylic acids is 1. The largest absolute Gasteiger partial charge is 0.498 e. The smallest absolute Gasteiger partial charge is 0.132 e. The molecule has 3 rings (SSSR count). The van der Waals surface area contributed by atoms with E-state index in [2.05, 4.69) is 18.2 Å². The van der Waals surface area contributed by atoms with Gasteiger partial charge in [0.1, 0.15) is 5.78 Å². The summed E-state index contributed by atoms with van der Waals surface area (Å²) >= 11 is 0. The van der Waals surface area contributed by atoms with Gasteiger partial charge < -0.3 is 4.74 Å². The summed E-state index contributed by atoms with van der Waals surface area (Å²) in [5, 5.41) is 0. The highest BCUT2D eigenvalue weighted by molar-refractivity contribution is 5.78. The molecule has 0 radical (unpaired) electrons. The molecule has 0 bridgehead atoms. The van der Waals surface area contributed by atoms with Crippen molar-refractivity contribution in [2.24, 2.45) is 5.92 Å². The lowest BCUT2D eigenvalue weighted by Crippen LogP contribution is -2.02. The van der Waals surface area contributed by atoms with Crippen LogP contribution < -0.4 is 0 Å². The molecule has 88 valence electrons. The van der Waals surface area contributed by atoms with Gasteiger partial charge in [-0.05, 0) is 31.8 Å². The van der Waals surface area contributed by atoms with E-state index >= 15 is 0 Å². The fourth-order valence-electron chi connectivity index (χ4n) is 2.35. The number of hydrogen-bond donors (Lipinski definition) is 0. The second kappa shape index (κ2) is 5.88. The molecule has 0 spiro atoms. The lowest BCUT2D eigenvalue weighted by atomic mass is 9.98. The van der Waals surface area contributed by atoms with Crippen LogP contribution in [0.25, 0.3) is 0 Å². The Morgan fingerprint density at radius 1 is 1.19 bits per heavy atom. The van der Waals surface area contributed by atoms with Gasteiger partial charge in [-0.1, -0.05) is 18.6 Å². The number of rotatable bonds is 0. The molecule has 1 aliphatic heterocycles. The maximum absolute atomic E-state index is 10.5. The molecule has 0 N–H and O–H groups in total. The van der Waals surface area contributed by atoms with Crippen LogP contribution >= 0.6 is 0 Å². The molecule has 2 heteroatoms. The average molecular weight is 220 g/mol. The summed E-state index contributed by atoms with van der Waals surface area (Å²) in [4.78, 5) is 10.5. The lowest BCUT2D eigenvalue weighted by Gasteiger charge is -2.08. The standard InChI is InChI=1S/C8H10O.C6H10O/c1-2-4-8-7(3-1)5-6-9-8;7-6-4-2-1-3-5-6/h1-2,4,7H,3,5-6H2;1-5H2. The van der Waals surface area contributed by atoms with Crippen molar-refractivity contribution < 1.29 is 9.53 Å². The van der Waals surface area contributed by atoms with Crippen LogP contribution in [-0.4, -0.2) is 12.4 Å². The van der Waals surface area contributed by atoms with Gasteiger partial charge in [-0.3, -0.25) is 4.79 Å². The summed E-state index contributed by atoms with van der Waals surface area (Å²) in [5.74, 6) is 2.39. The molecule has 0 aromatic rings. The van der Waals surface area contributed by atoms with E-state index in [0.29, 0.717) is 5.78 Å². The Kier molecular flexibility index (Phi) is 4.20. The molecule has 2 aliphatic carbocycles. The molecule has 0 aromatic heterocycles. The Bertz CT molecular complexity index is 294. The first kappa shape index (κ1) is 11.4. The van der Waals surface area contributed by atoms with E-state index in [4.69, 9.17) is 4.74 Å². The quantitative estimate of drug-likeness (QED) is 0.625. The van der Waals surface area contributed by atoms with Gasteiger partial charge in [-0.2, -0.15) is 0 Å². The van der Waals surface area contributed by atoms with E-state index in [-0.39, 0.29) is 0 Å². The minimum Gasteiger partial charge on any atom is -0.498 e. The Labute approximate surface area is 97.4 Å². The Morgan fingerprint density at radius 2 is 2.00 bits per heavy atom. The summed E-state index contributed by atoms with van der Waals surface area (Å²) in [6.45, 7) is 0.929. The van der Waals surface area contributed by atoms with Crippen molar-refractivity contribution in [3.05, 3.63) is 24.0 Å². The summed E-state index contributed by atoms with van der Waals surface area (Å²) in [6.07, 6.45) is 14.0. The van der Waals surface area contributed by atoms with Crippen molar-refractivity contribution in [1.29, 1.82) is 0 Å². The molecule has 2 fully saturated rings. The molecular formula is C14H20O2. The van der Waals surface area contributed by atoms with Crippen molar-refractivity contribution >= 4 is 5.78 Å². The fraction of sp³-hybridized carbons (Fsp3) is 0.643. The zero-order valence-corrected chi connectivity index (χ0v) is 9.78. The van der Waals surface area contributed by atoms with Gasteiger partial charge in [0.2, 0.25) is 0 Å². The SMILES string of the molecule is C1=CCC2CCOC2=C1.O=C1CCCCC1. The monoisotopic (exact) mass is 220 g/mol. The molecular weight excluding hydrogens is 200 g/mol. The first-order valence-corrected chi connectivity index (χ1v) is 6.37. The topological polar surface area (TPSA) is 26.3 Å². The molecule has 1 heterocycles. The third kappa shape index (κ3) is 3.22. The van der Waals surface area contributed by atoms with Crippen molar-refractivity contribution in [1.82, 2.24) is 0 Å². The number of allylic oxidation sites excluding steroid dienone is 4. The summed E-state index contributed by atoms with van der Waals surface area (Å²) in [7, 11) is 0. The van der Waals surface area contributed by atoms with Crippen molar-refractivity contribution in [2.45, 2.75) is 44.9 Å². The molecule has 16 heavy (non-hydrogen) atoms. The third-order valence-corrected chi connectivity index (χ3v) is 3.37. The minimum atomic E-state index is 0.464.